The molecule has 2 aromatic carbocycles. The van der Waals surface area contributed by atoms with Crippen LogP contribution < -0.4 is 0 Å². The highest BCUT2D eigenvalue weighted by Crippen LogP contribution is 2.37. The van der Waals surface area contributed by atoms with Gasteiger partial charge in [-0.2, -0.15) is 0 Å². The van der Waals surface area contributed by atoms with Gasteiger partial charge in [-0.3, -0.25) is 10.1 Å². The van der Waals surface area contributed by atoms with E-state index in [-0.39, 0.29) is 15.9 Å². The summed E-state index contributed by atoms with van der Waals surface area (Å²) in [5, 5.41) is 13.8. The second kappa shape index (κ2) is 4.74. The van der Waals surface area contributed by atoms with Crippen molar-refractivity contribution in [2.75, 3.05) is 0 Å². The normalized spacial score (nSPS) is 11.2. The van der Waals surface area contributed by atoms with Crippen LogP contribution in [0.3, 0.4) is 0 Å². The number of nitro groups is 1. The smallest absolute Gasteiger partial charge is 0.258 e. The third-order valence-electron chi connectivity index (χ3n) is 2.95. The first kappa shape index (κ1) is 13.4. The summed E-state index contributed by atoms with van der Waals surface area (Å²) in [5.41, 5.74) is 0.271. The Morgan fingerprint density at radius 1 is 1.00 bits per heavy atom. The van der Waals surface area contributed by atoms with Crippen molar-refractivity contribution in [3.63, 3.8) is 0 Å². The van der Waals surface area contributed by atoms with E-state index in [0.717, 1.165) is 0 Å². The van der Waals surface area contributed by atoms with Crippen molar-refractivity contribution in [1.29, 1.82) is 0 Å². The van der Waals surface area contributed by atoms with Crippen molar-refractivity contribution >= 4 is 62.2 Å². The Balaban J connectivity index is 2.61. The molecular formula is C13H5Cl3N2O2. The molecule has 0 aliphatic heterocycles. The Bertz CT molecular complexity index is 880. The van der Waals surface area contributed by atoms with E-state index in [9.17, 15) is 10.1 Å². The molecule has 0 fully saturated rings. The number of hydrogen-bond acceptors (Lipinski definition) is 3. The second-order valence-corrected chi connectivity index (χ2v) is 5.40. The number of hydrogen-bond donors (Lipinski definition) is 0. The predicted molar refractivity (Wildman–Crippen MR) is 80.9 cm³/mol. The van der Waals surface area contributed by atoms with Gasteiger partial charge in [0.05, 0.1) is 15.8 Å². The SMILES string of the molecule is O=[N+]([O-])c1cc(Cl)cc2nc(Cl)c3cc(Cl)ccc3c12. The lowest BCUT2D eigenvalue weighted by Crippen LogP contribution is -1.93. The first-order chi connectivity index (χ1) is 9.47. The molecule has 0 amide bonds. The molecule has 20 heavy (non-hydrogen) atoms. The number of fused-ring (bicyclic) bond motifs is 3. The van der Waals surface area contributed by atoms with Crippen molar-refractivity contribution in [2.24, 2.45) is 0 Å². The van der Waals surface area contributed by atoms with Crippen LogP contribution in [0.4, 0.5) is 5.69 Å². The quantitative estimate of drug-likeness (QED) is 0.265. The average molecular weight is 328 g/mol. The monoisotopic (exact) mass is 326 g/mol. The number of halogens is 3. The molecule has 0 spiro atoms. The molecule has 1 aromatic heterocycles. The van der Waals surface area contributed by atoms with Crippen LogP contribution in [0.2, 0.25) is 15.2 Å². The van der Waals surface area contributed by atoms with Gasteiger partial charge >= 0.3 is 0 Å². The minimum atomic E-state index is -0.488. The molecule has 0 N–H and O–H groups in total. The van der Waals surface area contributed by atoms with Crippen LogP contribution in [-0.4, -0.2) is 9.91 Å². The standard InChI is InChI=1S/C13H5Cl3N2O2/c14-6-1-2-8-9(3-6)13(16)17-10-4-7(15)5-11(12(8)10)18(19)20/h1-5H. The van der Waals surface area contributed by atoms with Crippen molar-refractivity contribution in [3.05, 3.63) is 55.6 Å². The molecule has 100 valence electrons. The summed E-state index contributed by atoms with van der Waals surface area (Å²) in [6.45, 7) is 0. The summed E-state index contributed by atoms with van der Waals surface area (Å²) < 4.78 is 0. The van der Waals surface area contributed by atoms with Crippen molar-refractivity contribution < 1.29 is 4.92 Å². The molecular weight excluding hydrogens is 323 g/mol. The zero-order valence-electron chi connectivity index (χ0n) is 9.73. The van der Waals surface area contributed by atoms with Gasteiger partial charge in [-0.05, 0) is 18.2 Å². The minimum absolute atomic E-state index is 0.107. The van der Waals surface area contributed by atoms with Crippen LogP contribution >= 0.6 is 34.8 Å². The summed E-state index contributed by atoms with van der Waals surface area (Å²) >= 11 is 17.9. The van der Waals surface area contributed by atoms with Gasteiger partial charge in [0.1, 0.15) is 5.15 Å². The van der Waals surface area contributed by atoms with E-state index in [4.69, 9.17) is 34.8 Å². The molecule has 0 saturated heterocycles. The lowest BCUT2D eigenvalue weighted by Gasteiger charge is -2.07. The fraction of sp³-hybridized carbons (Fsp3) is 0. The summed E-state index contributed by atoms with van der Waals surface area (Å²) in [6.07, 6.45) is 0. The topological polar surface area (TPSA) is 56.0 Å². The fourth-order valence-electron chi connectivity index (χ4n) is 2.16. The summed E-state index contributed by atoms with van der Waals surface area (Å²) in [6, 6.07) is 7.81. The highest BCUT2D eigenvalue weighted by Gasteiger charge is 2.19. The molecule has 7 heteroatoms. The molecule has 1 heterocycles. The summed E-state index contributed by atoms with van der Waals surface area (Å²) in [7, 11) is 0. The number of nitrogens with zero attached hydrogens (tertiary/aromatic N) is 2. The zero-order chi connectivity index (χ0) is 14.4. The number of rotatable bonds is 1. The molecule has 0 aliphatic carbocycles. The molecule has 0 bridgehead atoms. The van der Waals surface area contributed by atoms with E-state index >= 15 is 0 Å². The highest BCUT2D eigenvalue weighted by atomic mass is 35.5. The zero-order valence-corrected chi connectivity index (χ0v) is 12.0. The van der Waals surface area contributed by atoms with E-state index in [2.05, 4.69) is 4.98 Å². The molecule has 0 atom stereocenters. The Hall–Kier alpha value is -1.62. The van der Waals surface area contributed by atoms with Gasteiger partial charge in [-0.25, -0.2) is 4.98 Å². The Labute approximate surface area is 128 Å². The molecule has 3 rings (SSSR count). The lowest BCUT2D eigenvalue weighted by molar-refractivity contribution is -0.383. The van der Waals surface area contributed by atoms with E-state index in [1.807, 2.05) is 0 Å². The van der Waals surface area contributed by atoms with Crippen molar-refractivity contribution in [2.45, 2.75) is 0 Å². The third kappa shape index (κ3) is 2.06. The van der Waals surface area contributed by atoms with Crippen molar-refractivity contribution in [1.82, 2.24) is 4.98 Å². The van der Waals surface area contributed by atoms with E-state index in [1.54, 1.807) is 24.3 Å². The number of nitro benzene ring substituents is 1. The maximum absolute atomic E-state index is 11.2. The number of aromatic nitrogens is 1. The minimum Gasteiger partial charge on any atom is -0.258 e. The van der Waals surface area contributed by atoms with Crippen LogP contribution in [0.1, 0.15) is 0 Å². The average Bonchev–Trinajstić information content (AvgIpc) is 2.38. The Morgan fingerprint density at radius 3 is 2.45 bits per heavy atom. The van der Waals surface area contributed by atoms with Gasteiger partial charge in [0, 0.05) is 26.9 Å². The molecule has 0 radical (unpaired) electrons. The second-order valence-electron chi connectivity index (χ2n) is 4.17. The third-order valence-corrected chi connectivity index (χ3v) is 3.69. The Kier molecular flexibility index (Phi) is 3.17. The van der Waals surface area contributed by atoms with Gasteiger partial charge in [-0.15, -0.1) is 0 Å². The predicted octanol–water partition coefficient (Wildman–Crippen LogP) is 5.26. The Morgan fingerprint density at radius 2 is 1.75 bits per heavy atom. The van der Waals surface area contributed by atoms with Gasteiger partial charge in [0.2, 0.25) is 0 Å². The summed E-state index contributed by atoms with van der Waals surface area (Å²) in [5.74, 6) is 0. The molecule has 0 aliphatic rings. The van der Waals surface area contributed by atoms with Crippen LogP contribution in [0.15, 0.2) is 30.3 Å². The van der Waals surface area contributed by atoms with E-state index < -0.39 is 4.92 Å². The van der Waals surface area contributed by atoms with E-state index in [1.165, 1.54) is 6.07 Å². The molecule has 4 nitrogen and oxygen atoms in total. The van der Waals surface area contributed by atoms with Gasteiger partial charge < -0.3 is 0 Å². The number of non-ortho nitro benzene ring substituents is 1. The number of pyridine rings is 1. The lowest BCUT2D eigenvalue weighted by atomic mass is 10.1. The molecule has 0 unspecified atom stereocenters. The molecule has 0 saturated carbocycles. The fourth-order valence-corrected chi connectivity index (χ4v) is 2.78. The maximum Gasteiger partial charge on any atom is 0.280 e. The van der Waals surface area contributed by atoms with Crippen LogP contribution in [-0.2, 0) is 0 Å². The first-order valence-electron chi connectivity index (χ1n) is 5.50. The molecule has 3 aromatic rings. The van der Waals surface area contributed by atoms with Gasteiger partial charge in [0.25, 0.3) is 5.69 Å². The van der Waals surface area contributed by atoms with Crippen LogP contribution in [0, 0.1) is 10.1 Å². The van der Waals surface area contributed by atoms with Gasteiger partial charge in [0.15, 0.2) is 0 Å². The largest absolute Gasteiger partial charge is 0.280 e. The first-order valence-corrected chi connectivity index (χ1v) is 6.63. The van der Waals surface area contributed by atoms with Crippen LogP contribution in [0.5, 0.6) is 0 Å². The maximum atomic E-state index is 11.2. The highest BCUT2D eigenvalue weighted by molar-refractivity contribution is 6.38. The van der Waals surface area contributed by atoms with E-state index in [0.29, 0.717) is 26.7 Å². The summed E-state index contributed by atoms with van der Waals surface area (Å²) in [4.78, 5) is 14.9. The van der Waals surface area contributed by atoms with Crippen LogP contribution in [0.25, 0.3) is 21.7 Å². The van der Waals surface area contributed by atoms with Crippen molar-refractivity contribution in [3.8, 4) is 0 Å². The van der Waals surface area contributed by atoms with Gasteiger partial charge in [-0.1, -0.05) is 40.9 Å². The number of benzene rings is 2.